The summed E-state index contributed by atoms with van der Waals surface area (Å²) < 4.78 is 42.2. The van der Waals surface area contributed by atoms with Gasteiger partial charge in [-0.05, 0) is 31.0 Å². The minimum atomic E-state index is -4.73. The van der Waals surface area contributed by atoms with Crippen LogP contribution >= 0.6 is 22.9 Å². The Hall–Kier alpha value is -3.44. The molecular formula is C22H17ClF3N5O2S. The van der Waals surface area contributed by atoms with E-state index in [0.29, 0.717) is 23.4 Å². The molecule has 3 N–H and O–H groups in total. The number of benzene rings is 1. The molecule has 0 radical (unpaired) electrons. The monoisotopic (exact) mass is 507 g/mol. The van der Waals surface area contributed by atoms with E-state index in [1.165, 1.54) is 10.9 Å². The fourth-order valence-electron chi connectivity index (χ4n) is 3.50. The van der Waals surface area contributed by atoms with Crippen molar-refractivity contribution >= 4 is 50.7 Å². The number of fused-ring (bicyclic) bond motifs is 1. The van der Waals surface area contributed by atoms with Gasteiger partial charge >= 0.3 is 6.18 Å². The minimum Gasteiger partial charge on any atom is -0.365 e. The number of aryl methyl sites for hydroxylation is 2. The highest BCUT2D eigenvalue weighted by atomic mass is 35.5. The molecule has 0 fully saturated rings. The van der Waals surface area contributed by atoms with Gasteiger partial charge in [-0.15, -0.1) is 11.3 Å². The van der Waals surface area contributed by atoms with E-state index in [1.54, 1.807) is 31.2 Å². The highest BCUT2D eigenvalue weighted by Gasteiger charge is 2.35. The third-order valence-corrected chi connectivity index (χ3v) is 6.46. The maximum absolute atomic E-state index is 13.6. The van der Waals surface area contributed by atoms with Crippen LogP contribution in [0.2, 0.25) is 5.02 Å². The maximum Gasteiger partial charge on any atom is 0.433 e. The molecule has 0 saturated heterocycles. The van der Waals surface area contributed by atoms with E-state index in [0.717, 1.165) is 11.6 Å². The van der Waals surface area contributed by atoms with Crippen molar-refractivity contribution in [3.63, 3.8) is 0 Å². The number of halogens is 4. The molecule has 4 aromatic rings. The van der Waals surface area contributed by atoms with E-state index in [2.05, 4.69) is 15.4 Å². The normalized spacial score (nSPS) is 11.7. The maximum atomic E-state index is 13.6. The summed E-state index contributed by atoms with van der Waals surface area (Å²) in [6.45, 7) is 3.94. The SMILES string of the molecule is CCn1ncc(Cl)c1C(=O)Nc1c(C(N)=O)sc2nc(C(F)(F)F)cc(-c3ccc(C)cc3)c12. The molecule has 12 heteroatoms. The van der Waals surface area contributed by atoms with Gasteiger partial charge in [0.05, 0.1) is 16.9 Å². The summed E-state index contributed by atoms with van der Waals surface area (Å²) in [5, 5.41) is 6.88. The van der Waals surface area contributed by atoms with E-state index < -0.39 is 23.7 Å². The molecule has 0 bridgehead atoms. The Labute approximate surface area is 200 Å². The number of thiophene rings is 1. The molecule has 3 heterocycles. The molecule has 176 valence electrons. The molecule has 0 saturated carbocycles. The number of alkyl halides is 3. The molecule has 3 aromatic heterocycles. The van der Waals surface area contributed by atoms with E-state index >= 15 is 0 Å². The second-order valence-corrected chi connectivity index (χ2v) is 8.79. The number of anilines is 1. The summed E-state index contributed by atoms with van der Waals surface area (Å²) in [7, 11) is 0. The van der Waals surface area contributed by atoms with Crippen LogP contribution in [-0.2, 0) is 12.7 Å². The number of nitrogens with one attached hydrogen (secondary N) is 1. The second-order valence-electron chi connectivity index (χ2n) is 7.38. The van der Waals surface area contributed by atoms with Crippen LogP contribution in [0.15, 0.2) is 36.5 Å². The first-order valence-corrected chi connectivity index (χ1v) is 11.1. The number of hydrogen-bond acceptors (Lipinski definition) is 5. The van der Waals surface area contributed by atoms with Crippen molar-refractivity contribution in [2.75, 3.05) is 5.32 Å². The molecule has 0 aliphatic heterocycles. The number of carbonyl (C=O) groups is 2. The van der Waals surface area contributed by atoms with Gasteiger partial charge in [0.1, 0.15) is 21.1 Å². The molecule has 0 aliphatic carbocycles. The first kappa shape index (κ1) is 23.7. The van der Waals surface area contributed by atoms with E-state index in [-0.39, 0.29) is 37.1 Å². The fourth-order valence-corrected chi connectivity index (χ4v) is 4.73. The van der Waals surface area contributed by atoms with Crippen molar-refractivity contribution in [2.45, 2.75) is 26.6 Å². The van der Waals surface area contributed by atoms with Crippen LogP contribution in [-0.4, -0.2) is 26.6 Å². The summed E-state index contributed by atoms with van der Waals surface area (Å²) in [6.07, 6.45) is -3.43. The number of aromatic nitrogens is 3. The smallest absolute Gasteiger partial charge is 0.365 e. The van der Waals surface area contributed by atoms with E-state index in [9.17, 15) is 22.8 Å². The summed E-state index contributed by atoms with van der Waals surface area (Å²) in [6, 6.07) is 7.69. The van der Waals surface area contributed by atoms with Crippen molar-refractivity contribution in [2.24, 2.45) is 5.73 Å². The number of primary amides is 1. The van der Waals surface area contributed by atoms with E-state index in [4.69, 9.17) is 17.3 Å². The van der Waals surface area contributed by atoms with Crippen molar-refractivity contribution in [3.8, 4) is 11.1 Å². The van der Waals surface area contributed by atoms with Crippen molar-refractivity contribution in [1.29, 1.82) is 0 Å². The van der Waals surface area contributed by atoms with Gasteiger partial charge in [0, 0.05) is 11.9 Å². The lowest BCUT2D eigenvalue weighted by Gasteiger charge is -2.13. The predicted octanol–water partition coefficient (Wildman–Crippen LogP) is 5.51. The average Bonchev–Trinajstić information content (AvgIpc) is 3.33. The zero-order valence-corrected chi connectivity index (χ0v) is 19.4. The predicted molar refractivity (Wildman–Crippen MR) is 124 cm³/mol. The lowest BCUT2D eigenvalue weighted by Crippen LogP contribution is -2.20. The quantitative estimate of drug-likeness (QED) is 0.371. The molecule has 34 heavy (non-hydrogen) atoms. The van der Waals surface area contributed by atoms with Gasteiger partial charge < -0.3 is 11.1 Å². The van der Waals surface area contributed by atoms with Gasteiger partial charge in [0.15, 0.2) is 0 Å². The lowest BCUT2D eigenvalue weighted by atomic mass is 10.00. The molecule has 7 nitrogen and oxygen atoms in total. The molecule has 0 spiro atoms. The van der Waals surface area contributed by atoms with Crippen LogP contribution in [0.4, 0.5) is 18.9 Å². The Kier molecular flexibility index (Phi) is 6.09. The van der Waals surface area contributed by atoms with Crippen molar-refractivity contribution in [3.05, 3.63) is 63.4 Å². The third-order valence-electron chi connectivity index (χ3n) is 5.09. The summed E-state index contributed by atoms with van der Waals surface area (Å²) in [4.78, 5) is 28.8. The van der Waals surface area contributed by atoms with Crippen LogP contribution in [0.3, 0.4) is 0 Å². The van der Waals surface area contributed by atoms with Crippen LogP contribution in [0.1, 0.15) is 38.3 Å². The number of nitrogens with two attached hydrogens (primary N) is 1. The molecule has 0 atom stereocenters. The van der Waals surface area contributed by atoms with Gasteiger partial charge in [-0.25, -0.2) is 4.98 Å². The van der Waals surface area contributed by atoms with Crippen LogP contribution < -0.4 is 11.1 Å². The zero-order chi connectivity index (χ0) is 24.8. The first-order chi connectivity index (χ1) is 16.0. The van der Waals surface area contributed by atoms with E-state index in [1.807, 2.05) is 6.92 Å². The fraction of sp³-hybridized carbons (Fsp3) is 0.182. The standard InChI is InChI=1S/C22H17ClF3N5O2S/c1-3-31-17(13(23)9-28-31)20(33)30-16-15-12(11-6-4-10(2)5-7-11)8-14(22(24,25)26)29-21(15)34-18(16)19(27)32/h4-9H,3H2,1-2H3,(H2,27,32)(H,30,33). The highest BCUT2D eigenvalue weighted by molar-refractivity contribution is 7.21. The Morgan fingerprint density at radius 1 is 1.24 bits per heavy atom. The lowest BCUT2D eigenvalue weighted by molar-refractivity contribution is -0.140. The van der Waals surface area contributed by atoms with Gasteiger partial charge in [-0.2, -0.15) is 18.3 Å². The van der Waals surface area contributed by atoms with Gasteiger partial charge in [0.2, 0.25) is 0 Å². The summed E-state index contributed by atoms with van der Waals surface area (Å²) in [5.41, 5.74) is 5.90. The first-order valence-electron chi connectivity index (χ1n) is 9.95. The topological polar surface area (TPSA) is 103 Å². The van der Waals surface area contributed by atoms with Crippen LogP contribution in [0, 0.1) is 6.92 Å². The molecule has 2 amide bonds. The largest absolute Gasteiger partial charge is 0.433 e. The number of hydrogen-bond donors (Lipinski definition) is 2. The number of nitrogens with zero attached hydrogens (tertiary/aromatic N) is 3. The number of rotatable bonds is 5. The van der Waals surface area contributed by atoms with Crippen molar-refractivity contribution < 1.29 is 22.8 Å². The third kappa shape index (κ3) is 4.24. The Balaban J connectivity index is 1.99. The molecule has 0 aliphatic rings. The Bertz CT molecular complexity index is 1430. The summed E-state index contributed by atoms with van der Waals surface area (Å²) >= 11 is 6.79. The zero-order valence-electron chi connectivity index (χ0n) is 17.8. The molecular weight excluding hydrogens is 491 g/mol. The molecule has 4 rings (SSSR count). The van der Waals surface area contributed by atoms with Crippen molar-refractivity contribution in [1.82, 2.24) is 14.8 Å². The number of pyridine rings is 1. The van der Waals surface area contributed by atoms with Crippen LogP contribution in [0.5, 0.6) is 0 Å². The Morgan fingerprint density at radius 2 is 1.91 bits per heavy atom. The van der Waals surface area contributed by atoms with Gasteiger partial charge in [-0.3, -0.25) is 14.3 Å². The average molecular weight is 508 g/mol. The number of carbonyl (C=O) groups excluding carboxylic acids is 2. The highest BCUT2D eigenvalue weighted by Crippen LogP contribution is 2.44. The van der Waals surface area contributed by atoms with Gasteiger partial charge in [0.25, 0.3) is 11.8 Å². The van der Waals surface area contributed by atoms with Gasteiger partial charge in [-0.1, -0.05) is 41.4 Å². The summed E-state index contributed by atoms with van der Waals surface area (Å²) in [5.74, 6) is -1.61. The second kappa shape index (κ2) is 8.73. The molecule has 0 unspecified atom stereocenters. The molecule has 1 aromatic carbocycles. The van der Waals surface area contributed by atoms with Crippen LogP contribution in [0.25, 0.3) is 21.3 Å². The Morgan fingerprint density at radius 3 is 2.50 bits per heavy atom. The number of amides is 2. The minimum absolute atomic E-state index is 0.0331.